The fourth-order valence-electron chi connectivity index (χ4n) is 2.79. The second kappa shape index (κ2) is 10.3. The van der Waals surface area contributed by atoms with Gasteiger partial charge < -0.3 is 20.9 Å². The molecule has 1 unspecified atom stereocenters. The smallest absolute Gasteiger partial charge is 0.323 e. The van der Waals surface area contributed by atoms with Crippen LogP contribution in [0, 0.1) is 0 Å². The highest BCUT2D eigenvalue weighted by Crippen LogP contribution is 2.23. The summed E-state index contributed by atoms with van der Waals surface area (Å²) >= 11 is 0. The molecule has 28 heavy (non-hydrogen) atoms. The molecule has 2 aromatic rings. The molecule has 0 bridgehead atoms. The number of carbonyl (C=O) groups is 3. The van der Waals surface area contributed by atoms with E-state index in [4.69, 9.17) is 16.2 Å². The molecular weight excluding hydrogens is 360 g/mol. The Balaban J connectivity index is 2.06. The van der Waals surface area contributed by atoms with Crippen LogP contribution < -0.4 is 11.5 Å². The molecule has 0 aliphatic carbocycles. The van der Waals surface area contributed by atoms with Crippen LogP contribution in [0.25, 0.3) is 0 Å². The van der Waals surface area contributed by atoms with Crippen molar-refractivity contribution in [2.24, 2.45) is 11.5 Å². The van der Waals surface area contributed by atoms with E-state index in [9.17, 15) is 14.4 Å². The van der Waals surface area contributed by atoms with E-state index in [-0.39, 0.29) is 13.0 Å². The van der Waals surface area contributed by atoms with Crippen molar-refractivity contribution in [3.8, 4) is 0 Å². The lowest BCUT2D eigenvalue weighted by Crippen LogP contribution is -2.47. The number of ketones is 1. The third-order valence-corrected chi connectivity index (χ3v) is 4.29. The van der Waals surface area contributed by atoms with E-state index in [2.05, 4.69) is 4.74 Å². The number of rotatable bonds is 9. The summed E-state index contributed by atoms with van der Waals surface area (Å²) in [4.78, 5) is 36.9. The van der Waals surface area contributed by atoms with Crippen molar-refractivity contribution < 1.29 is 23.9 Å². The minimum absolute atomic E-state index is 0.0877. The monoisotopic (exact) mass is 384 g/mol. The van der Waals surface area contributed by atoms with Crippen LogP contribution in [0.4, 0.5) is 0 Å². The summed E-state index contributed by atoms with van der Waals surface area (Å²) in [6.45, 7) is 0.0877. The molecular formula is C21H24N2O5. The summed E-state index contributed by atoms with van der Waals surface area (Å²) in [5.41, 5.74) is 13.2. The first-order chi connectivity index (χ1) is 13.4. The van der Waals surface area contributed by atoms with Gasteiger partial charge in [0.1, 0.15) is 12.6 Å². The van der Waals surface area contributed by atoms with Crippen LogP contribution in [-0.2, 0) is 30.5 Å². The Bertz CT molecular complexity index is 795. The molecule has 2 aromatic carbocycles. The van der Waals surface area contributed by atoms with Gasteiger partial charge in [-0.1, -0.05) is 60.7 Å². The number of benzene rings is 2. The fourth-order valence-corrected chi connectivity index (χ4v) is 2.79. The average molecular weight is 384 g/mol. The molecule has 0 radical (unpaired) electrons. The Labute approximate surface area is 163 Å². The zero-order valence-electron chi connectivity index (χ0n) is 15.6. The predicted molar refractivity (Wildman–Crippen MR) is 103 cm³/mol. The number of esters is 2. The van der Waals surface area contributed by atoms with Gasteiger partial charge in [0.2, 0.25) is 0 Å². The lowest BCUT2D eigenvalue weighted by atomic mass is 9.84. The molecule has 0 fully saturated rings. The molecule has 7 heteroatoms. The van der Waals surface area contributed by atoms with Crippen molar-refractivity contribution in [3.63, 3.8) is 0 Å². The van der Waals surface area contributed by atoms with Crippen LogP contribution in [0.2, 0.25) is 0 Å². The number of nitrogens with two attached hydrogens (primary N) is 2. The van der Waals surface area contributed by atoms with E-state index in [0.29, 0.717) is 5.56 Å². The van der Waals surface area contributed by atoms with E-state index in [1.807, 2.05) is 30.3 Å². The molecule has 4 N–H and O–H groups in total. The lowest BCUT2D eigenvalue weighted by Gasteiger charge is -2.24. The highest BCUT2D eigenvalue weighted by atomic mass is 16.5. The quantitative estimate of drug-likeness (QED) is 0.625. The van der Waals surface area contributed by atoms with E-state index < -0.39 is 35.7 Å². The third kappa shape index (κ3) is 5.73. The molecule has 3 atom stereocenters. The Morgan fingerprint density at radius 3 is 2.07 bits per heavy atom. The summed E-state index contributed by atoms with van der Waals surface area (Å²) in [7, 11) is 1.19. The molecule has 148 valence electrons. The molecule has 0 saturated carbocycles. The van der Waals surface area contributed by atoms with Gasteiger partial charge in [0.05, 0.1) is 25.5 Å². The summed E-state index contributed by atoms with van der Waals surface area (Å²) in [5, 5.41) is 0. The highest BCUT2D eigenvalue weighted by Gasteiger charge is 2.36. The van der Waals surface area contributed by atoms with Crippen LogP contribution in [0.1, 0.15) is 23.5 Å². The van der Waals surface area contributed by atoms with Crippen LogP contribution in [-0.4, -0.2) is 36.9 Å². The van der Waals surface area contributed by atoms with Gasteiger partial charge in [-0.2, -0.15) is 0 Å². The van der Waals surface area contributed by atoms with E-state index in [0.717, 1.165) is 5.56 Å². The summed E-state index contributed by atoms with van der Waals surface area (Å²) in [5.74, 6) is -2.89. The number of carbonyl (C=O) groups excluding carboxylic acids is 3. The standard InChI is InChI=1S/C21H24N2O5/c1-27-21(26)19(23)18(15-10-6-3-7-11-15)20(25)16(22)12-17(24)28-13-14-8-4-2-5-9-14/h2-11,16,18-19H,12-13,22-23H2,1H3/t16-,18?,19-/m0/s1. The van der Waals surface area contributed by atoms with Crippen LogP contribution in [0.5, 0.6) is 0 Å². The largest absolute Gasteiger partial charge is 0.468 e. The third-order valence-electron chi connectivity index (χ3n) is 4.29. The van der Waals surface area contributed by atoms with Crippen molar-refractivity contribution in [2.45, 2.75) is 31.0 Å². The van der Waals surface area contributed by atoms with E-state index in [1.54, 1.807) is 30.3 Å². The summed E-state index contributed by atoms with van der Waals surface area (Å²) in [6.07, 6.45) is -0.317. The lowest BCUT2D eigenvalue weighted by molar-refractivity contribution is -0.147. The van der Waals surface area contributed by atoms with Gasteiger partial charge >= 0.3 is 11.9 Å². The van der Waals surface area contributed by atoms with Gasteiger partial charge in [0.15, 0.2) is 5.78 Å². The minimum atomic E-state index is -1.23. The van der Waals surface area contributed by atoms with Gasteiger partial charge in [-0.3, -0.25) is 14.4 Å². The zero-order valence-corrected chi connectivity index (χ0v) is 15.6. The Morgan fingerprint density at radius 1 is 0.929 bits per heavy atom. The van der Waals surface area contributed by atoms with E-state index in [1.165, 1.54) is 7.11 Å². The van der Waals surface area contributed by atoms with Crippen molar-refractivity contribution in [1.82, 2.24) is 0 Å². The predicted octanol–water partition coefficient (Wildman–Crippen LogP) is 1.30. The van der Waals surface area contributed by atoms with Crippen molar-refractivity contribution >= 4 is 17.7 Å². The van der Waals surface area contributed by atoms with Gasteiger partial charge in [0, 0.05) is 0 Å². The second-order valence-electron chi connectivity index (χ2n) is 6.30. The highest BCUT2D eigenvalue weighted by molar-refractivity contribution is 5.97. The number of Topliss-reactive ketones (excluding diaryl/α,β-unsaturated/α-hetero) is 1. The number of hydrogen-bond donors (Lipinski definition) is 2. The fraction of sp³-hybridized carbons (Fsp3) is 0.286. The Kier molecular flexibility index (Phi) is 7.86. The van der Waals surface area contributed by atoms with Crippen molar-refractivity contribution in [1.29, 1.82) is 0 Å². The molecule has 0 aliphatic rings. The maximum absolute atomic E-state index is 12.9. The Morgan fingerprint density at radius 2 is 1.50 bits per heavy atom. The van der Waals surface area contributed by atoms with Crippen LogP contribution in [0.3, 0.4) is 0 Å². The molecule has 0 amide bonds. The SMILES string of the molecule is COC(=O)[C@@H](N)C(C(=O)[C@@H](N)CC(=O)OCc1ccccc1)c1ccccc1. The minimum Gasteiger partial charge on any atom is -0.468 e. The summed E-state index contributed by atoms with van der Waals surface area (Å²) < 4.78 is 9.83. The van der Waals surface area contributed by atoms with Gasteiger partial charge in [-0.25, -0.2) is 0 Å². The van der Waals surface area contributed by atoms with Gasteiger partial charge in [0.25, 0.3) is 0 Å². The first-order valence-corrected chi connectivity index (χ1v) is 8.81. The Hall–Kier alpha value is -3.03. The van der Waals surface area contributed by atoms with Gasteiger partial charge in [-0.15, -0.1) is 0 Å². The molecule has 0 heterocycles. The zero-order chi connectivity index (χ0) is 20.5. The molecule has 7 nitrogen and oxygen atoms in total. The van der Waals surface area contributed by atoms with E-state index >= 15 is 0 Å². The second-order valence-corrected chi connectivity index (χ2v) is 6.30. The summed E-state index contributed by atoms with van der Waals surface area (Å²) in [6, 6.07) is 15.3. The molecule has 0 aliphatic heterocycles. The van der Waals surface area contributed by atoms with Crippen LogP contribution in [0.15, 0.2) is 60.7 Å². The maximum atomic E-state index is 12.9. The van der Waals surface area contributed by atoms with Gasteiger partial charge in [-0.05, 0) is 11.1 Å². The first kappa shape index (κ1) is 21.3. The topological polar surface area (TPSA) is 122 Å². The first-order valence-electron chi connectivity index (χ1n) is 8.81. The molecule has 0 spiro atoms. The van der Waals surface area contributed by atoms with Crippen LogP contribution >= 0.6 is 0 Å². The maximum Gasteiger partial charge on any atom is 0.323 e. The van der Waals surface area contributed by atoms with Crippen molar-refractivity contribution in [2.75, 3.05) is 7.11 Å². The van der Waals surface area contributed by atoms with Crippen molar-refractivity contribution in [3.05, 3.63) is 71.8 Å². The molecule has 0 aromatic heterocycles. The number of ether oxygens (including phenoxy) is 2. The average Bonchev–Trinajstić information content (AvgIpc) is 2.73. The molecule has 2 rings (SSSR count). The normalized spacial score (nSPS) is 13.8. The number of methoxy groups -OCH3 is 1. The molecule has 0 saturated heterocycles. The number of hydrogen-bond acceptors (Lipinski definition) is 7.